The number of ether oxygens (including phenoxy) is 1. The molecule has 1 aliphatic carbocycles. The fraction of sp³-hybridized carbons (Fsp3) is 0.900. The van der Waals surface area contributed by atoms with E-state index in [0.717, 1.165) is 19.6 Å². The molecule has 0 aromatic rings. The summed E-state index contributed by atoms with van der Waals surface area (Å²) in [7, 11) is 1.70. The summed E-state index contributed by atoms with van der Waals surface area (Å²) >= 11 is 0. The molecule has 0 radical (unpaired) electrons. The first-order valence-corrected chi connectivity index (χ1v) is 5.12. The van der Waals surface area contributed by atoms with Gasteiger partial charge in [-0.25, -0.2) is 0 Å². The number of nitrogens with one attached hydrogen (secondary N) is 1. The second kappa shape index (κ2) is 6.30. The van der Waals surface area contributed by atoms with Crippen LogP contribution in [0.5, 0.6) is 0 Å². The zero-order valence-corrected chi connectivity index (χ0v) is 10.2. The van der Waals surface area contributed by atoms with E-state index in [1.54, 1.807) is 14.0 Å². The summed E-state index contributed by atoms with van der Waals surface area (Å²) in [5.74, 6) is -0.0614. The molecular weight excluding hydrogens is 216 g/mol. The van der Waals surface area contributed by atoms with E-state index in [9.17, 15) is 4.79 Å². The van der Waals surface area contributed by atoms with Gasteiger partial charge in [0.25, 0.3) is 0 Å². The number of amides is 1. The normalized spacial score (nSPS) is 18.9. The highest BCUT2D eigenvalue weighted by Crippen LogP contribution is 2.48. The predicted molar refractivity (Wildman–Crippen MR) is 62.1 cm³/mol. The van der Waals surface area contributed by atoms with E-state index in [0.29, 0.717) is 5.41 Å². The van der Waals surface area contributed by atoms with Gasteiger partial charge in [0.05, 0.1) is 6.04 Å². The Labute approximate surface area is 97.3 Å². The van der Waals surface area contributed by atoms with E-state index in [1.165, 1.54) is 12.8 Å². The average molecular weight is 237 g/mol. The van der Waals surface area contributed by atoms with Gasteiger partial charge in [-0.1, -0.05) is 0 Å². The van der Waals surface area contributed by atoms with Gasteiger partial charge in [0.2, 0.25) is 5.91 Å². The van der Waals surface area contributed by atoms with Crippen molar-refractivity contribution in [3.05, 3.63) is 0 Å². The Morgan fingerprint density at radius 2 is 2.20 bits per heavy atom. The molecule has 4 nitrogen and oxygen atoms in total. The maximum Gasteiger partial charge on any atom is 0.236 e. The van der Waals surface area contributed by atoms with E-state index >= 15 is 0 Å². The van der Waals surface area contributed by atoms with Gasteiger partial charge in [-0.3, -0.25) is 4.79 Å². The molecule has 5 heteroatoms. The molecule has 1 amide bonds. The van der Waals surface area contributed by atoms with Crippen molar-refractivity contribution in [3.8, 4) is 0 Å². The van der Waals surface area contributed by atoms with Gasteiger partial charge in [-0.05, 0) is 31.6 Å². The number of nitrogens with two attached hydrogens (primary N) is 1. The van der Waals surface area contributed by atoms with Gasteiger partial charge in [0, 0.05) is 20.3 Å². The van der Waals surface area contributed by atoms with Gasteiger partial charge < -0.3 is 15.8 Å². The number of hydrogen-bond donors (Lipinski definition) is 2. The highest BCUT2D eigenvalue weighted by molar-refractivity contribution is 5.85. The quantitative estimate of drug-likeness (QED) is 0.713. The Morgan fingerprint density at radius 1 is 1.60 bits per heavy atom. The summed E-state index contributed by atoms with van der Waals surface area (Å²) < 4.78 is 5.03. The number of hydrogen-bond acceptors (Lipinski definition) is 3. The standard InChI is InChI=1S/C10H20N2O2.ClH/c1-8(11)9(13)12-7-10(3-4-10)5-6-14-2;/h8H,3-7,11H2,1-2H3,(H,12,13);1H/t8-;/m1./s1. The third kappa shape index (κ3) is 4.82. The molecule has 1 aliphatic rings. The molecule has 1 atom stereocenters. The average Bonchev–Trinajstić information content (AvgIpc) is 2.92. The van der Waals surface area contributed by atoms with Crippen LogP contribution in [0.25, 0.3) is 0 Å². The van der Waals surface area contributed by atoms with Crippen molar-refractivity contribution < 1.29 is 9.53 Å². The molecule has 90 valence electrons. The Bertz CT molecular complexity index is 206. The molecule has 0 unspecified atom stereocenters. The highest BCUT2D eigenvalue weighted by atomic mass is 35.5. The number of methoxy groups -OCH3 is 1. The Kier molecular flexibility index (Phi) is 6.17. The van der Waals surface area contributed by atoms with Crippen LogP contribution < -0.4 is 11.1 Å². The molecule has 0 aromatic carbocycles. The number of carbonyl (C=O) groups excluding carboxylic acids is 1. The molecule has 1 fully saturated rings. The number of halogens is 1. The molecule has 3 N–H and O–H groups in total. The third-order valence-electron chi connectivity index (χ3n) is 2.84. The van der Waals surface area contributed by atoms with E-state index in [-0.39, 0.29) is 18.3 Å². The lowest BCUT2D eigenvalue weighted by molar-refractivity contribution is -0.122. The van der Waals surface area contributed by atoms with Crippen LogP contribution in [0, 0.1) is 5.41 Å². The van der Waals surface area contributed by atoms with Crippen molar-refractivity contribution in [2.75, 3.05) is 20.3 Å². The van der Waals surface area contributed by atoms with Crippen molar-refractivity contribution in [2.24, 2.45) is 11.1 Å². The van der Waals surface area contributed by atoms with Crippen LogP contribution in [0.4, 0.5) is 0 Å². The van der Waals surface area contributed by atoms with Crippen molar-refractivity contribution in [2.45, 2.75) is 32.2 Å². The van der Waals surface area contributed by atoms with Crippen LogP contribution in [0.3, 0.4) is 0 Å². The van der Waals surface area contributed by atoms with Crippen LogP contribution in [0.15, 0.2) is 0 Å². The second-order valence-electron chi connectivity index (χ2n) is 4.25. The van der Waals surface area contributed by atoms with Crippen LogP contribution >= 0.6 is 12.4 Å². The van der Waals surface area contributed by atoms with Crippen molar-refractivity contribution >= 4 is 18.3 Å². The predicted octanol–water partition coefficient (Wildman–Crippen LogP) is 0.688. The first-order chi connectivity index (χ1) is 6.59. The maximum absolute atomic E-state index is 11.2. The second-order valence-corrected chi connectivity index (χ2v) is 4.25. The number of rotatable bonds is 6. The summed E-state index contributed by atoms with van der Waals surface area (Å²) in [6.07, 6.45) is 3.41. The number of carbonyl (C=O) groups is 1. The minimum Gasteiger partial charge on any atom is -0.385 e. The van der Waals surface area contributed by atoms with E-state index < -0.39 is 6.04 Å². The van der Waals surface area contributed by atoms with E-state index in [4.69, 9.17) is 10.5 Å². The highest BCUT2D eigenvalue weighted by Gasteiger charge is 2.42. The molecule has 0 aromatic heterocycles. The van der Waals surface area contributed by atoms with Crippen LogP contribution in [0.2, 0.25) is 0 Å². The Hall–Kier alpha value is -0.320. The fourth-order valence-electron chi connectivity index (χ4n) is 1.45. The smallest absolute Gasteiger partial charge is 0.236 e. The molecule has 0 aliphatic heterocycles. The molecule has 15 heavy (non-hydrogen) atoms. The van der Waals surface area contributed by atoms with Crippen molar-refractivity contribution in [3.63, 3.8) is 0 Å². The summed E-state index contributed by atoms with van der Waals surface area (Å²) in [6, 6.07) is -0.409. The summed E-state index contributed by atoms with van der Waals surface area (Å²) in [4.78, 5) is 11.2. The van der Waals surface area contributed by atoms with Gasteiger partial charge in [0.1, 0.15) is 0 Å². The largest absolute Gasteiger partial charge is 0.385 e. The summed E-state index contributed by atoms with van der Waals surface area (Å²) in [5, 5.41) is 2.87. The lowest BCUT2D eigenvalue weighted by Crippen LogP contribution is -2.41. The van der Waals surface area contributed by atoms with Crippen molar-refractivity contribution in [1.82, 2.24) is 5.32 Å². The molecule has 1 saturated carbocycles. The lowest BCUT2D eigenvalue weighted by Gasteiger charge is -2.16. The molecule has 0 spiro atoms. The van der Waals surface area contributed by atoms with E-state index in [1.807, 2.05) is 0 Å². The zero-order valence-electron chi connectivity index (χ0n) is 9.41. The van der Waals surface area contributed by atoms with Gasteiger partial charge >= 0.3 is 0 Å². The Morgan fingerprint density at radius 3 is 2.60 bits per heavy atom. The molecule has 1 rings (SSSR count). The van der Waals surface area contributed by atoms with Crippen LogP contribution in [-0.4, -0.2) is 32.2 Å². The molecule has 0 saturated heterocycles. The zero-order chi connectivity index (χ0) is 10.6. The minimum atomic E-state index is -0.409. The van der Waals surface area contributed by atoms with Crippen LogP contribution in [0.1, 0.15) is 26.2 Å². The van der Waals surface area contributed by atoms with Gasteiger partial charge in [0.15, 0.2) is 0 Å². The molecule has 0 heterocycles. The maximum atomic E-state index is 11.2. The van der Waals surface area contributed by atoms with Crippen molar-refractivity contribution in [1.29, 1.82) is 0 Å². The lowest BCUT2D eigenvalue weighted by atomic mass is 10.0. The van der Waals surface area contributed by atoms with Gasteiger partial charge in [-0.2, -0.15) is 0 Å². The first kappa shape index (κ1) is 14.7. The molecule has 0 bridgehead atoms. The molecular formula is C10H21ClN2O2. The summed E-state index contributed by atoms with van der Waals surface area (Å²) in [6.45, 7) is 3.22. The minimum absolute atomic E-state index is 0. The third-order valence-corrected chi connectivity index (χ3v) is 2.84. The Balaban J connectivity index is 0.00000196. The monoisotopic (exact) mass is 236 g/mol. The van der Waals surface area contributed by atoms with Crippen LogP contribution in [-0.2, 0) is 9.53 Å². The fourth-order valence-corrected chi connectivity index (χ4v) is 1.45. The first-order valence-electron chi connectivity index (χ1n) is 5.12. The van der Waals surface area contributed by atoms with E-state index in [2.05, 4.69) is 5.32 Å². The van der Waals surface area contributed by atoms with Gasteiger partial charge in [-0.15, -0.1) is 12.4 Å². The summed E-state index contributed by atoms with van der Waals surface area (Å²) in [5.41, 5.74) is 5.76. The SMILES string of the molecule is COCCC1(CNC(=O)[C@@H](C)N)CC1.Cl. The topological polar surface area (TPSA) is 64.3 Å².